The van der Waals surface area contributed by atoms with Crippen molar-refractivity contribution < 1.29 is 27.1 Å². The van der Waals surface area contributed by atoms with E-state index in [9.17, 15) is 18.0 Å². The van der Waals surface area contributed by atoms with Crippen LogP contribution in [0.1, 0.15) is 42.2 Å². The van der Waals surface area contributed by atoms with Crippen LogP contribution in [0.25, 0.3) is 10.9 Å². The molecule has 0 saturated heterocycles. The number of ether oxygens (including phenoxy) is 2. The number of aromatic nitrogens is 1. The average Bonchev–Trinajstić information content (AvgIpc) is 3.58. The van der Waals surface area contributed by atoms with E-state index in [-0.39, 0.29) is 39.9 Å². The molecule has 174 valence electrons. The average molecular weight is 494 g/mol. The molecule has 1 heterocycles. The van der Waals surface area contributed by atoms with Crippen LogP contribution in [0.2, 0.25) is 5.02 Å². The van der Waals surface area contributed by atoms with Gasteiger partial charge < -0.3 is 14.0 Å². The number of pyridine rings is 1. The van der Waals surface area contributed by atoms with Gasteiger partial charge in [0.2, 0.25) is 5.43 Å². The third-order valence-electron chi connectivity index (χ3n) is 5.40. The number of benzene rings is 2. The molecule has 4 rings (SSSR count). The van der Waals surface area contributed by atoms with Crippen LogP contribution in [0.15, 0.2) is 47.4 Å². The van der Waals surface area contributed by atoms with Crippen LogP contribution in [0.5, 0.6) is 5.75 Å². The van der Waals surface area contributed by atoms with Gasteiger partial charge in [-0.25, -0.2) is 17.6 Å². The van der Waals surface area contributed by atoms with Crippen molar-refractivity contribution in [3.63, 3.8) is 0 Å². The van der Waals surface area contributed by atoms with E-state index in [1.54, 1.807) is 37.3 Å². The van der Waals surface area contributed by atoms with Gasteiger partial charge in [-0.2, -0.15) is 0 Å². The Balaban J connectivity index is 2.01. The molecule has 1 aliphatic rings. The SMILES string of the molecule is CCOC(=O)Oc1cn(C2CC2)c2c(F)c(C(c3ccccc3)S(C)(=O)=O)c(Cl)cc2c1=O. The Morgan fingerprint density at radius 2 is 1.94 bits per heavy atom. The number of nitrogens with zero attached hydrogens (tertiary/aromatic N) is 1. The Kier molecular flexibility index (Phi) is 6.20. The summed E-state index contributed by atoms with van der Waals surface area (Å²) in [6.07, 6.45) is 2.67. The van der Waals surface area contributed by atoms with Crippen molar-refractivity contribution >= 4 is 38.5 Å². The zero-order valence-electron chi connectivity index (χ0n) is 17.9. The Bertz CT molecular complexity index is 1400. The molecular weight excluding hydrogens is 473 g/mol. The summed E-state index contributed by atoms with van der Waals surface area (Å²) in [6, 6.07) is 9.28. The predicted octanol–water partition coefficient (Wildman–Crippen LogP) is 4.80. The Morgan fingerprint density at radius 3 is 2.52 bits per heavy atom. The summed E-state index contributed by atoms with van der Waals surface area (Å²) >= 11 is 6.40. The van der Waals surface area contributed by atoms with Crippen molar-refractivity contribution in [3.8, 4) is 5.75 Å². The number of hydrogen-bond donors (Lipinski definition) is 0. The number of carbonyl (C=O) groups is 1. The zero-order chi connectivity index (χ0) is 23.9. The highest BCUT2D eigenvalue weighted by Gasteiger charge is 2.34. The summed E-state index contributed by atoms with van der Waals surface area (Å²) in [5.41, 5.74) is -0.714. The van der Waals surface area contributed by atoms with Crippen LogP contribution in [0.4, 0.5) is 9.18 Å². The number of fused-ring (bicyclic) bond motifs is 1. The van der Waals surface area contributed by atoms with Gasteiger partial charge in [-0.15, -0.1) is 0 Å². The fraction of sp³-hybridized carbons (Fsp3) is 0.304. The van der Waals surface area contributed by atoms with E-state index in [0.29, 0.717) is 5.56 Å². The molecule has 3 aromatic rings. The maximum atomic E-state index is 16.1. The van der Waals surface area contributed by atoms with Gasteiger partial charge in [0, 0.05) is 22.9 Å². The van der Waals surface area contributed by atoms with Crippen LogP contribution in [0.3, 0.4) is 0 Å². The van der Waals surface area contributed by atoms with Gasteiger partial charge in [0.05, 0.1) is 23.7 Å². The third kappa shape index (κ3) is 4.47. The van der Waals surface area contributed by atoms with E-state index in [1.807, 2.05) is 0 Å². The van der Waals surface area contributed by atoms with Crippen molar-refractivity contribution in [1.82, 2.24) is 4.57 Å². The van der Waals surface area contributed by atoms with E-state index in [0.717, 1.165) is 19.1 Å². The lowest BCUT2D eigenvalue weighted by Gasteiger charge is -2.21. The highest BCUT2D eigenvalue weighted by atomic mass is 35.5. The first kappa shape index (κ1) is 23.3. The summed E-state index contributed by atoms with van der Waals surface area (Å²) in [6.45, 7) is 1.64. The summed E-state index contributed by atoms with van der Waals surface area (Å²) in [5, 5.41) is -1.70. The van der Waals surface area contributed by atoms with Crippen LogP contribution in [-0.2, 0) is 14.6 Å². The minimum Gasteiger partial charge on any atom is -0.434 e. The molecule has 0 N–H and O–H groups in total. The van der Waals surface area contributed by atoms with Gasteiger partial charge in [-0.05, 0) is 31.4 Å². The molecule has 2 aromatic carbocycles. The second-order valence-electron chi connectivity index (χ2n) is 7.85. The molecule has 1 unspecified atom stereocenters. The molecule has 1 saturated carbocycles. The number of carbonyl (C=O) groups excluding carboxylic acids is 1. The van der Waals surface area contributed by atoms with Gasteiger partial charge in [0.15, 0.2) is 21.4 Å². The molecule has 1 fully saturated rings. The maximum absolute atomic E-state index is 16.1. The van der Waals surface area contributed by atoms with Crippen molar-refractivity contribution in [1.29, 1.82) is 0 Å². The molecule has 0 spiro atoms. The number of sulfone groups is 1. The van der Waals surface area contributed by atoms with Gasteiger partial charge in [-0.3, -0.25) is 4.79 Å². The van der Waals surface area contributed by atoms with Gasteiger partial charge in [0.1, 0.15) is 5.25 Å². The van der Waals surface area contributed by atoms with E-state index >= 15 is 4.39 Å². The normalized spacial score (nSPS) is 14.8. The lowest BCUT2D eigenvalue weighted by atomic mass is 10.0. The fourth-order valence-corrected chi connectivity index (χ4v) is 5.55. The fourth-order valence-electron chi connectivity index (χ4n) is 3.88. The van der Waals surface area contributed by atoms with Crippen LogP contribution < -0.4 is 10.2 Å². The first-order valence-electron chi connectivity index (χ1n) is 10.3. The van der Waals surface area contributed by atoms with E-state index in [2.05, 4.69) is 0 Å². The molecule has 0 aliphatic heterocycles. The number of halogens is 2. The molecule has 0 amide bonds. The van der Waals surface area contributed by atoms with Crippen molar-refractivity contribution in [2.24, 2.45) is 0 Å². The minimum atomic E-state index is -3.84. The highest BCUT2D eigenvalue weighted by Crippen LogP contribution is 2.43. The van der Waals surface area contributed by atoms with E-state index < -0.39 is 32.5 Å². The van der Waals surface area contributed by atoms with E-state index in [4.69, 9.17) is 21.1 Å². The predicted molar refractivity (Wildman–Crippen MR) is 122 cm³/mol. The van der Waals surface area contributed by atoms with Crippen LogP contribution in [-0.4, -0.2) is 32.0 Å². The smallest absolute Gasteiger partial charge is 0.434 e. The Hall–Kier alpha value is -2.91. The molecule has 0 radical (unpaired) electrons. The summed E-state index contributed by atoms with van der Waals surface area (Å²) in [4.78, 5) is 24.8. The van der Waals surface area contributed by atoms with E-state index in [1.165, 1.54) is 16.8 Å². The molecule has 7 nitrogen and oxygen atoms in total. The van der Waals surface area contributed by atoms with Gasteiger partial charge in [-0.1, -0.05) is 41.9 Å². The molecular formula is C23H21ClFNO6S. The second-order valence-corrected chi connectivity index (χ2v) is 10.4. The molecule has 1 atom stereocenters. The summed E-state index contributed by atoms with van der Waals surface area (Å²) < 4.78 is 52.9. The lowest BCUT2D eigenvalue weighted by Crippen LogP contribution is -2.21. The molecule has 10 heteroatoms. The van der Waals surface area contributed by atoms with Crippen molar-refractivity contribution in [3.05, 3.63) is 74.8 Å². The zero-order valence-corrected chi connectivity index (χ0v) is 19.5. The largest absolute Gasteiger partial charge is 0.514 e. The molecule has 33 heavy (non-hydrogen) atoms. The molecule has 1 aromatic heterocycles. The number of hydrogen-bond acceptors (Lipinski definition) is 6. The Morgan fingerprint density at radius 1 is 1.27 bits per heavy atom. The molecule has 0 bridgehead atoms. The van der Waals surface area contributed by atoms with Crippen LogP contribution in [0, 0.1) is 5.82 Å². The molecule has 1 aliphatic carbocycles. The summed E-state index contributed by atoms with van der Waals surface area (Å²) in [7, 11) is -3.84. The summed E-state index contributed by atoms with van der Waals surface area (Å²) in [5.74, 6) is -1.22. The third-order valence-corrected chi connectivity index (χ3v) is 7.08. The topological polar surface area (TPSA) is 91.7 Å². The second kappa shape index (κ2) is 8.79. The van der Waals surface area contributed by atoms with Crippen molar-refractivity contribution in [2.45, 2.75) is 31.1 Å². The Labute approximate surface area is 194 Å². The van der Waals surface area contributed by atoms with Gasteiger partial charge >= 0.3 is 6.16 Å². The monoisotopic (exact) mass is 493 g/mol. The minimum absolute atomic E-state index is 0.0550. The lowest BCUT2D eigenvalue weighted by molar-refractivity contribution is 0.104. The highest BCUT2D eigenvalue weighted by molar-refractivity contribution is 7.91. The van der Waals surface area contributed by atoms with Gasteiger partial charge in [0.25, 0.3) is 0 Å². The standard InChI is InChI=1S/C23H21ClFNO6S/c1-3-31-23(28)32-17-12-26(14-9-10-14)20-15(21(17)27)11-16(24)18(19(20)25)22(33(2,29)30)13-7-5-4-6-8-13/h4-8,11-12,14,22H,3,9-10H2,1-2H3. The quantitative estimate of drug-likeness (QED) is 0.458. The van der Waals surface area contributed by atoms with Crippen molar-refractivity contribution in [2.75, 3.05) is 12.9 Å². The first-order chi connectivity index (χ1) is 15.6. The number of rotatable bonds is 6. The van der Waals surface area contributed by atoms with Crippen LogP contribution >= 0.6 is 11.6 Å². The maximum Gasteiger partial charge on any atom is 0.514 e. The first-order valence-corrected chi connectivity index (χ1v) is 12.6.